The Morgan fingerprint density at radius 1 is 1.11 bits per heavy atom. The van der Waals surface area contributed by atoms with Gasteiger partial charge in [-0.15, -0.1) is 0 Å². The van der Waals surface area contributed by atoms with Crippen molar-refractivity contribution in [3.8, 4) is 5.75 Å². The van der Waals surface area contributed by atoms with E-state index in [9.17, 15) is 14.1 Å². The molecule has 2 saturated carbocycles. The molecule has 238 valence electrons. The highest BCUT2D eigenvalue weighted by Crippen LogP contribution is 2.52. The summed E-state index contributed by atoms with van der Waals surface area (Å²) in [7, 11) is -2.91. The molecule has 1 unspecified atom stereocenters. The maximum atomic E-state index is 13.9. The van der Waals surface area contributed by atoms with E-state index in [0.717, 1.165) is 93.8 Å². The van der Waals surface area contributed by atoms with Crippen LogP contribution in [0.25, 0.3) is 0 Å². The number of amides is 1. The lowest BCUT2D eigenvalue weighted by Crippen LogP contribution is -2.54. The molecule has 2 aliphatic heterocycles. The zero-order valence-electron chi connectivity index (χ0n) is 26.2. The molecule has 7 rings (SSSR count). The number of aryl methyl sites for hydroxylation is 1. The molecule has 0 saturated heterocycles. The molecule has 8 atom stereocenters. The van der Waals surface area contributed by atoms with Crippen LogP contribution in [0.2, 0.25) is 5.02 Å². The first-order valence-corrected chi connectivity index (χ1v) is 18.8. The van der Waals surface area contributed by atoms with Gasteiger partial charge < -0.3 is 14.7 Å². The number of benzene rings is 2. The highest BCUT2D eigenvalue weighted by atomic mass is 35.5. The lowest BCUT2D eigenvalue weighted by Gasteiger charge is -2.52. The molecular formula is C36H47ClN2O4S. The number of halogens is 1. The zero-order chi connectivity index (χ0) is 30.9. The van der Waals surface area contributed by atoms with Gasteiger partial charge >= 0.3 is 0 Å². The minimum atomic E-state index is -2.91. The van der Waals surface area contributed by atoms with Crippen molar-refractivity contribution in [2.45, 2.75) is 94.3 Å². The van der Waals surface area contributed by atoms with Gasteiger partial charge in [0.05, 0.1) is 27.6 Å². The van der Waals surface area contributed by atoms with E-state index >= 15 is 0 Å². The van der Waals surface area contributed by atoms with Crippen molar-refractivity contribution in [2.24, 2.45) is 23.7 Å². The smallest absolute Gasteiger partial charge is 0.262 e. The highest BCUT2D eigenvalue weighted by molar-refractivity contribution is 7.99. The van der Waals surface area contributed by atoms with E-state index in [0.29, 0.717) is 24.0 Å². The van der Waals surface area contributed by atoms with Crippen LogP contribution in [0.15, 0.2) is 36.4 Å². The number of ether oxygens (including phenoxy) is 1. The van der Waals surface area contributed by atoms with Gasteiger partial charge in [0.1, 0.15) is 5.75 Å². The second-order valence-corrected chi connectivity index (χ2v) is 17.7. The summed E-state index contributed by atoms with van der Waals surface area (Å²) in [6.45, 7) is 6.20. The number of hydrogen-bond acceptors (Lipinski definition) is 5. The monoisotopic (exact) mass is 638 g/mol. The van der Waals surface area contributed by atoms with Gasteiger partial charge in [0.25, 0.3) is 5.91 Å². The van der Waals surface area contributed by atoms with Crippen LogP contribution in [-0.4, -0.2) is 51.6 Å². The molecule has 2 aromatic rings. The fraction of sp³-hybridized carbons (Fsp3) is 0.611. The molecule has 1 amide bonds. The van der Waals surface area contributed by atoms with Crippen LogP contribution in [-0.2, 0) is 21.5 Å². The Kier molecular flexibility index (Phi) is 7.77. The zero-order valence-corrected chi connectivity index (χ0v) is 27.7. The van der Waals surface area contributed by atoms with Gasteiger partial charge in [-0.2, -0.15) is 0 Å². The Morgan fingerprint density at radius 3 is 2.75 bits per heavy atom. The Labute approximate surface area is 268 Å². The standard InChI is InChI=1S/C36H47ClN2O4S/c1-23-16-25-6-4-15-36(41,19-25)31-11-8-28(31)20-39-21-35(14-5-7-26-17-29(37)10-12-30(26)35)22-43-33-13-9-27(18-32(33)39)34(40)38-44(3,42)24(23)2/h9-10,12-13,17-18,23-25,28,31,41H,3-8,11,14-16,19-22H2,1-2H3,(H,38,40,42)/t23-,24+,25+,28-,31+,35-,36-,44?/m0/s1. The summed E-state index contributed by atoms with van der Waals surface area (Å²) in [6.07, 6.45) is 9.90. The minimum Gasteiger partial charge on any atom is -0.490 e. The molecule has 8 heteroatoms. The summed E-state index contributed by atoms with van der Waals surface area (Å²) in [5.41, 5.74) is 3.10. The van der Waals surface area contributed by atoms with Crippen LogP contribution in [0, 0.1) is 23.7 Å². The van der Waals surface area contributed by atoms with Crippen LogP contribution in [0.3, 0.4) is 0 Å². The number of carbonyl (C=O) groups is 1. The number of fused-ring (bicyclic) bond motifs is 7. The number of nitrogens with zero attached hydrogens (tertiary/aromatic N) is 1. The third kappa shape index (κ3) is 5.35. The first-order chi connectivity index (χ1) is 21.0. The van der Waals surface area contributed by atoms with Gasteiger partial charge in [-0.1, -0.05) is 37.4 Å². The van der Waals surface area contributed by atoms with E-state index in [1.807, 2.05) is 25.1 Å². The minimum absolute atomic E-state index is 0.109. The normalized spacial score (nSPS) is 38.8. The van der Waals surface area contributed by atoms with Crippen molar-refractivity contribution in [3.63, 3.8) is 0 Å². The van der Waals surface area contributed by atoms with Crippen molar-refractivity contribution in [3.05, 3.63) is 58.1 Å². The lowest BCUT2D eigenvalue weighted by molar-refractivity contribution is -0.116. The summed E-state index contributed by atoms with van der Waals surface area (Å²) < 4.78 is 23.3. The summed E-state index contributed by atoms with van der Waals surface area (Å²) in [6, 6.07) is 11.9. The first kappa shape index (κ1) is 30.4. The van der Waals surface area contributed by atoms with Gasteiger partial charge in [0.2, 0.25) is 0 Å². The molecule has 1 spiro atoms. The molecule has 4 bridgehead atoms. The highest BCUT2D eigenvalue weighted by Gasteiger charge is 2.50. The van der Waals surface area contributed by atoms with Crippen molar-refractivity contribution in [1.82, 2.24) is 4.72 Å². The van der Waals surface area contributed by atoms with Crippen molar-refractivity contribution in [2.75, 3.05) is 24.6 Å². The second-order valence-electron chi connectivity index (χ2n) is 14.9. The lowest BCUT2D eigenvalue weighted by atomic mass is 9.58. The molecule has 44 heavy (non-hydrogen) atoms. The molecule has 5 aliphatic rings. The third-order valence-electron chi connectivity index (χ3n) is 12.1. The maximum absolute atomic E-state index is 13.9. The van der Waals surface area contributed by atoms with Crippen LogP contribution in [0.4, 0.5) is 5.69 Å². The number of hydrogen-bond donors (Lipinski definition) is 2. The van der Waals surface area contributed by atoms with Crippen LogP contribution in [0.1, 0.15) is 93.1 Å². The van der Waals surface area contributed by atoms with E-state index in [4.69, 9.17) is 16.3 Å². The molecule has 2 fully saturated rings. The predicted octanol–water partition coefficient (Wildman–Crippen LogP) is 6.55. The summed E-state index contributed by atoms with van der Waals surface area (Å²) in [5.74, 6) is 5.57. The number of rotatable bonds is 0. The largest absolute Gasteiger partial charge is 0.490 e. The van der Waals surface area contributed by atoms with E-state index < -0.39 is 15.3 Å². The van der Waals surface area contributed by atoms with Gasteiger partial charge in [-0.25, -0.2) is 4.21 Å². The number of aliphatic hydroxyl groups is 1. The average Bonchev–Trinajstić information content (AvgIpc) is 3.10. The Hall–Kier alpha value is -2.22. The fourth-order valence-corrected chi connectivity index (χ4v) is 11.0. The van der Waals surface area contributed by atoms with E-state index in [2.05, 4.69) is 34.5 Å². The Morgan fingerprint density at radius 2 is 1.95 bits per heavy atom. The molecule has 0 aromatic heterocycles. The van der Waals surface area contributed by atoms with Gasteiger partial charge in [0.15, 0.2) is 0 Å². The van der Waals surface area contributed by atoms with Crippen LogP contribution >= 0.6 is 11.6 Å². The van der Waals surface area contributed by atoms with Gasteiger partial charge in [-0.05, 0) is 129 Å². The molecule has 2 heterocycles. The van der Waals surface area contributed by atoms with E-state index in [1.165, 1.54) is 11.1 Å². The van der Waals surface area contributed by atoms with Crippen LogP contribution in [0.5, 0.6) is 5.75 Å². The summed E-state index contributed by atoms with van der Waals surface area (Å²) in [4.78, 5) is 16.1. The molecular weight excluding hydrogens is 592 g/mol. The topological polar surface area (TPSA) is 78.9 Å². The first-order valence-electron chi connectivity index (χ1n) is 16.7. The van der Waals surface area contributed by atoms with Crippen molar-refractivity contribution >= 4 is 38.8 Å². The van der Waals surface area contributed by atoms with Crippen molar-refractivity contribution < 1.29 is 18.8 Å². The van der Waals surface area contributed by atoms with E-state index in [1.54, 1.807) is 6.07 Å². The van der Waals surface area contributed by atoms with E-state index in [-0.39, 0.29) is 28.4 Å². The number of carbonyl (C=O) groups excluding carboxylic acids is 1. The quantitative estimate of drug-likeness (QED) is 0.320. The van der Waals surface area contributed by atoms with Crippen molar-refractivity contribution in [1.29, 1.82) is 0 Å². The summed E-state index contributed by atoms with van der Waals surface area (Å²) in [5, 5.41) is 12.7. The predicted molar refractivity (Wildman–Crippen MR) is 179 cm³/mol. The Bertz CT molecular complexity index is 1560. The third-order valence-corrected chi connectivity index (χ3v) is 14.5. The van der Waals surface area contributed by atoms with Gasteiger partial charge in [0, 0.05) is 34.3 Å². The average molecular weight is 639 g/mol. The molecule has 2 aromatic carbocycles. The summed E-state index contributed by atoms with van der Waals surface area (Å²) >= 11 is 6.44. The molecule has 2 N–H and O–H groups in total. The maximum Gasteiger partial charge on any atom is 0.262 e. The molecule has 6 nitrogen and oxygen atoms in total. The number of anilines is 1. The SMILES string of the molecule is C=S1(=O)NC(=O)c2ccc3c(c2)N(C[C@@H]2CC[C@H]2[C@]2(O)CCC[C@H](C[C@H](C)[C@H]1C)C2)C[C@@]1(CCCc2cc(Cl)ccc21)CO3. The molecule has 0 radical (unpaired) electrons. The van der Waals surface area contributed by atoms with Crippen LogP contribution < -0.4 is 14.4 Å². The number of nitrogens with one attached hydrogen (secondary N) is 1. The molecule has 3 aliphatic carbocycles. The fourth-order valence-electron chi connectivity index (χ4n) is 9.37. The Balaban J connectivity index is 1.31. The van der Waals surface area contributed by atoms with Gasteiger partial charge in [-0.3, -0.25) is 9.52 Å². The second kappa shape index (κ2) is 11.2.